The van der Waals surface area contributed by atoms with Crippen LogP contribution in [0.1, 0.15) is 6.92 Å². The molecular weight excluding hydrogens is 388 g/mol. The Morgan fingerprint density at radius 2 is 1.97 bits per heavy atom. The molecule has 1 aromatic heterocycles. The van der Waals surface area contributed by atoms with Crippen LogP contribution < -0.4 is 19.7 Å². The predicted molar refractivity (Wildman–Crippen MR) is 117 cm³/mol. The summed E-state index contributed by atoms with van der Waals surface area (Å²) in [4.78, 5) is 21.4. The van der Waals surface area contributed by atoms with Crippen LogP contribution in [0, 0.1) is 0 Å². The molecule has 0 saturated carbocycles. The number of thiazole rings is 1. The third-order valence-corrected chi connectivity index (χ3v) is 5.90. The van der Waals surface area contributed by atoms with E-state index in [1.54, 1.807) is 18.4 Å². The van der Waals surface area contributed by atoms with Gasteiger partial charge in [-0.25, -0.2) is 9.78 Å². The summed E-state index contributed by atoms with van der Waals surface area (Å²) >= 11 is 1.66. The first-order chi connectivity index (χ1) is 14.2. The summed E-state index contributed by atoms with van der Waals surface area (Å²) in [6, 6.07) is 13.3. The molecule has 1 aliphatic rings. The first-order valence-corrected chi connectivity index (χ1v) is 10.5. The summed E-state index contributed by atoms with van der Waals surface area (Å²) in [5, 5.41) is 3.93. The highest BCUT2D eigenvalue weighted by atomic mass is 32.1. The van der Waals surface area contributed by atoms with Gasteiger partial charge in [-0.2, -0.15) is 0 Å². The Bertz CT molecular complexity index is 999. The number of anilines is 2. The van der Waals surface area contributed by atoms with E-state index < -0.39 is 0 Å². The molecule has 152 valence electrons. The number of carbonyl (C=O) groups excluding carboxylic acids is 1. The molecule has 2 aromatic carbocycles. The van der Waals surface area contributed by atoms with Gasteiger partial charge >= 0.3 is 6.03 Å². The van der Waals surface area contributed by atoms with Crippen LogP contribution >= 0.6 is 11.3 Å². The van der Waals surface area contributed by atoms with Crippen molar-refractivity contribution in [3.8, 4) is 11.5 Å². The van der Waals surface area contributed by atoms with Crippen LogP contribution in [0.15, 0.2) is 42.5 Å². The van der Waals surface area contributed by atoms with Gasteiger partial charge in [-0.1, -0.05) is 17.4 Å². The molecule has 0 atom stereocenters. The molecule has 7 nitrogen and oxygen atoms in total. The topological polar surface area (TPSA) is 66.9 Å². The van der Waals surface area contributed by atoms with Crippen LogP contribution in [0.4, 0.5) is 15.6 Å². The maximum atomic E-state index is 12.6. The van der Waals surface area contributed by atoms with E-state index in [0.29, 0.717) is 19.7 Å². The van der Waals surface area contributed by atoms with Gasteiger partial charge in [0, 0.05) is 37.9 Å². The summed E-state index contributed by atoms with van der Waals surface area (Å²) in [5.74, 6) is 1.59. The van der Waals surface area contributed by atoms with Gasteiger partial charge in [0.1, 0.15) is 11.5 Å². The highest BCUT2D eigenvalue weighted by molar-refractivity contribution is 7.22. The van der Waals surface area contributed by atoms with E-state index in [-0.39, 0.29) is 6.03 Å². The van der Waals surface area contributed by atoms with Gasteiger partial charge in [0.25, 0.3) is 0 Å². The van der Waals surface area contributed by atoms with Gasteiger partial charge in [0.05, 0.1) is 23.9 Å². The van der Waals surface area contributed by atoms with Crippen molar-refractivity contribution in [1.82, 2.24) is 9.88 Å². The molecule has 2 heterocycles. The van der Waals surface area contributed by atoms with E-state index in [4.69, 9.17) is 14.5 Å². The van der Waals surface area contributed by atoms with Gasteiger partial charge < -0.3 is 24.6 Å². The lowest BCUT2D eigenvalue weighted by molar-refractivity contribution is 0.208. The fraction of sp³-hybridized carbons (Fsp3) is 0.333. The molecule has 29 heavy (non-hydrogen) atoms. The Balaban J connectivity index is 1.37. The summed E-state index contributed by atoms with van der Waals surface area (Å²) in [5.41, 5.74) is 1.71. The number of rotatable bonds is 5. The second-order valence-corrected chi connectivity index (χ2v) is 7.70. The molecule has 3 aromatic rings. The quantitative estimate of drug-likeness (QED) is 0.685. The molecule has 0 aliphatic carbocycles. The number of piperazine rings is 1. The zero-order chi connectivity index (χ0) is 20.2. The molecule has 1 fully saturated rings. The number of carbonyl (C=O) groups is 1. The molecule has 8 heteroatoms. The maximum absolute atomic E-state index is 12.6. The molecule has 1 saturated heterocycles. The third kappa shape index (κ3) is 4.37. The van der Waals surface area contributed by atoms with E-state index >= 15 is 0 Å². The van der Waals surface area contributed by atoms with Crippen molar-refractivity contribution in [2.45, 2.75) is 6.92 Å². The van der Waals surface area contributed by atoms with Crippen molar-refractivity contribution in [2.24, 2.45) is 0 Å². The summed E-state index contributed by atoms with van der Waals surface area (Å²) in [6.07, 6.45) is 0. The minimum absolute atomic E-state index is 0.0939. The van der Waals surface area contributed by atoms with E-state index in [1.807, 2.05) is 54.3 Å². The molecular formula is C21H24N4O3S. The van der Waals surface area contributed by atoms with Gasteiger partial charge in [0.15, 0.2) is 5.13 Å². The number of urea groups is 1. The number of nitrogens with zero attached hydrogens (tertiary/aromatic N) is 3. The monoisotopic (exact) mass is 412 g/mol. The minimum Gasteiger partial charge on any atom is -0.497 e. The molecule has 0 radical (unpaired) electrons. The van der Waals surface area contributed by atoms with Crippen molar-refractivity contribution in [3.05, 3.63) is 42.5 Å². The third-order valence-electron chi connectivity index (χ3n) is 4.82. The molecule has 1 N–H and O–H groups in total. The second-order valence-electron chi connectivity index (χ2n) is 6.70. The van der Waals surface area contributed by atoms with E-state index in [0.717, 1.165) is 45.6 Å². The Hall–Kier alpha value is -3.00. The first kappa shape index (κ1) is 19.3. The highest BCUT2D eigenvalue weighted by Crippen LogP contribution is 2.32. The van der Waals surface area contributed by atoms with Crippen LogP contribution in [-0.2, 0) is 0 Å². The van der Waals surface area contributed by atoms with Crippen LogP contribution in [0.2, 0.25) is 0 Å². The Morgan fingerprint density at radius 3 is 2.72 bits per heavy atom. The summed E-state index contributed by atoms with van der Waals surface area (Å²) in [7, 11) is 1.61. The Kier molecular flexibility index (Phi) is 5.71. The molecule has 1 aliphatic heterocycles. The van der Waals surface area contributed by atoms with E-state index in [2.05, 4.69) is 10.2 Å². The minimum atomic E-state index is -0.0939. The van der Waals surface area contributed by atoms with Crippen LogP contribution in [0.5, 0.6) is 11.5 Å². The number of ether oxygens (including phenoxy) is 2. The lowest BCUT2D eigenvalue weighted by Gasteiger charge is -2.34. The van der Waals surface area contributed by atoms with Crippen molar-refractivity contribution in [1.29, 1.82) is 0 Å². The fourth-order valence-electron chi connectivity index (χ4n) is 3.29. The lowest BCUT2D eigenvalue weighted by Crippen LogP contribution is -2.50. The number of aromatic nitrogens is 1. The van der Waals surface area contributed by atoms with Crippen LogP contribution in [0.3, 0.4) is 0 Å². The molecule has 4 rings (SSSR count). The van der Waals surface area contributed by atoms with E-state index in [1.165, 1.54) is 0 Å². The van der Waals surface area contributed by atoms with Crippen molar-refractivity contribution >= 4 is 38.4 Å². The van der Waals surface area contributed by atoms with Gasteiger partial charge in [-0.3, -0.25) is 0 Å². The number of hydrogen-bond acceptors (Lipinski definition) is 6. The normalized spacial score (nSPS) is 14.1. The lowest BCUT2D eigenvalue weighted by atomic mass is 10.3. The van der Waals surface area contributed by atoms with Crippen molar-refractivity contribution in [3.63, 3.8) is 0 Å². The fourth-order valence-corrected chi connectivity index (χ4v) is 4.33. The van der Waals surface area contributed by atoms with Crippen LogP contribution in [-0.4, -0.2) is 55.8 Å². The smallest absolute Gasteiger partial charge is 0.321 e. The van der Waals surface area contributed by atoms with Gasteiger partial charge in [-0.15, -0.1) is 0 Å². The predicted octanol–water partition coefficient (Wildman–Crippen LogP) is 4.06. The SMILES string of the molecule is CCOc1ccc2nc(N3CCN(C(=O)Nc4cccc(OC)c4)CC3)sc2c1. The second kappa shape index (κ2) is 8.57. The Labute approximate surface area is 173 Å². The zero-order valence-electron chi connectivity index (χ0n) is 16.6. The van der Waals surface area contributed by atoms with Gasteiger partial charge in [0.2, 0.25) is 0 Å². The zero-order valence-corrected chi connectivity index (χ0v) is 17.4. The maximum Gasteiger partial charge on any atom is 0.321 e. The average Bonchev–Trinajstić information content (AvgIpc) is 3.17. The number of fused-ring (bicyclic) bond motifs is 1. The number of benzene rings is 2. The summed E-state index contributed by atoms with van der Waals surface area (Å²) < 4.78 is 11.9. The first-order valence-electron chi connectivity index (χ1n) is 9.64. The summed E-state index contributed by atoms with van der Waals surface area (Å²) in [6.45, 7) is 5.43. The van der Waals surface area contributed by atoms with Crippen LogP contribution in [0.25, 0.3) is 10.2 Å². The molecule has 0 bridgehead atoms. The van der Waals surface area contributed by atoms with Gasteiger partial charge in [-0.05, 0) is 37.3 Å². The average molecular weight is 413 g/mol. The number of nitrogens with one attached hydrogen (secondary N) is 1. The number of hydrogen-bond donors (Lipinski definition) is 1. The molecule has 2 amide bonds. The Morgan fingerprint density at radius 1 is 1.14 bits per heavy atom. The largest absolute Gasteiger partial charge is 0.497 e. The molecule has 0 unspecified atom stereocenters. The van der Waals surface area contributed by atoms with Crippen molar-refractivity contribution in [2.75, 3.05) is 50.1 Å². The standard InChI is InChI=1S/C21H24N4O3S/c1-3-28-17-7-8-18-19(14-17)29-21(23-18)25-11-9-24(10-12-25)20(26)22-15-5-4-6-16(13-15)27-2/h4-8,13-14H,3,9-12H2,1-2H3,(H,22,26). The highest BCUT2D eigenvalue weighted by Gasteiger charge is 2.23. The van der Waals surface area contributed by atoms with Crippen molar-refractivity contribution < 1.29 is 14.3 Å². The molecule has 0 spiro atoms. The number of methoxy groups -OCH3 is 1. The number of amides is 2. The van der Waals surface area contributed by atoms with E-state index in [9.17, 15) is 4.79 Å².